The third kappa shape index (κ3) is 5.80. The molecule has 1 aromatic carbocycles. The Morgan fingerprint density at radius 2 is 2.04 bits per heavy atom. The Bertz CT molecular complexity index is 548. The molecule has 0 aromatic heterocycles. The predicted molar refractivity (Wildman–Crippen MR) is 105 cm³/mol. The molecule has 0 spiro atoms. The smallest absolute Gasteiger partial charge is 0.317 e. The number of rotatable bonds is 7. The van der Waals surface area contributed by atoms with E-state index in [9.17, 15) is 4.79 Å². The maximum atomic E-state index is 12.5. The van der Waals surface area contributed by atoms with Crippen LogP contribution in [0.25, 0.3) is 0 Å². The largest absolute Gasteiger partial charge is 0.494 e. The van der Waals surface area contributed by atoms with Gasteiger partial charge in [-0.1, -0.05) is 13.8 Å². The fourth-order valence-corrected chi connectivity index (χ4v) is 3.49. The minimum Gasteiger partial charge on any atom is -0.494 e. The zero-order valence-electron chi connectivity index (χ0n) is 16.3. The van der Waals surface area contributed by atoms with E-state index in [1.807, 2.05) is 24.0 Å². The molecule has 0 radical (unpaired) electrons. The Balaban J connectivity index is 2.12. The normalized spacial score (nSPS) is 18.0. The highest BCUT2D eigenvalue weighted by molar-refractivity contribution is 5.74. The number of anilines is 1. The monoisotopic (exact) mass is 363 g/mol. The van der Waals surface area contributed by atoms with Crippen LogP contribution in [-0.2, 0) is 0 Å². The van der Waals surface area contributed by atoms with Crippen LogP contribution in [0.5, 0.6) is 5.75 Å². The fourth-order valence-electron chi connectivity index (χ4n) is 3.49. The van der Waals surface area contributed by atoms with Crippen molar-refractivity contribution in [2.24, 2.45) is 5.92 Å². The zero-order valence-corrected chi connectivity index (χ0v) is 16.3. The molecule has 6 heteroatoms. The highest BCUT2D eigenvalue weighted by Crippen LogP contribution is 2.24. The Labute approximate surface area is 157 Å². The minimum atomic E-state index is -0.0711. The molecule has 1 atom stereocenters. The van der Waals surface area contributed by atoms with Crippen LogP contribution in [0.3, 0.4) is 0 Å². The van der Waals surface area contributed by atoms with Crippen molar-refractivity contribution < 1.29 is 14.6 Å². The lowest BCUT2D eigenvalue weighted by molar-refractivity contribution is 0.168. The molecule has 1 fully saturated rings. The minimum absolute atomic E-state index is 0.0350. The van der Waals surface area contributed by atoms with Gasteiger partial charge in [-0.2, -0.15) is 0 Å². The zero-order chi connectivity index (χ0) is 18.9. The van der Waals surface area contributed by atoms with Gasteiger partial charge in [0.1, 0.15) is 5.75 Å². The maximum Gasteiger partial charge on any atom is 0.317 e. The first-order chi connectivity index (χ1) is 12.5. The third-order valence-electron chi connectivity index (χ3n) is 4.60. The van der Waals surface area contributed by atoms with Crippen molar-refractivity contribution in [1.82, 2.24) is 10.2 Å². The SMILES string of the molecule is CCOc1ccc(N2CCCN(C(=O)NCCO)[C@@H](CC(C)C)C2)cc1. The first-order valence-electron chi connectivity index (χ1n) is 9.68. The summed E-state index contributed by atoms with van der Waals surface area (Å²) in [5.74, 6) is 1.39. The average Bonchev–Trinajstić information content (AvgIpc) is 2.82. The second kappa shape index (κ2) is 10.3. The average molecular weight is 364 g/mol. The Morgan fingerprint density at radius 3 is 2.65 bits per heavy atom. The van der Waals surface area contributed by atoms with Crippen LogP contribution >= 0.6 is 0 Å². The van der Waals surface area contributed by atoms with Crippen molar-refractivity contribution in [3.63, 3.8) is 0 Å². The van der Waals surface area contributed by atoms with Crippen molar-refractivity contribution in [3.8, 4) is 5.75 Å². The van der Waals surface area contributed by atoms with Gasteiger partial charge in [0.05, 0.1) is 19.3 Å². The van der Waals surface area contributed by atoms with Gasteiger partial charge in [0.25, 0.3) is 0 Å². The van der Waals surface area contributed by atoms with Gasteiger partial charge in [-0.3, -0.25) is 0 Å². The van der Waals surface area contributed by atoms with Gasteiger partial charge in [0.15, 0.2) is 0 Å². The molecule has 0 aliphatic carbocycles. The number of carbonyl (C=O) groups excluding carboxylic acids is 1. The van der Waals surface area contributed by atoms with Crippen molar-refractivity contribution in [2.45, 2.75) is 39.7 Å². The highest BCUT2D eigenvalue weighted by atomic mass is 16.5. The van der Waals surface area contributed by atoms with Crippen LogP contribution < -0.4 is 15.0 Å². The van der Waals surface area contributed by atoms with E-state index in [2.05, 4.69) is 36.2 Å². The number of carbonyl (C=O) groups is 1. The maximum absolute atomic E-state index is 12.5. The van der Waals surface area contributed by atoms with Gasteiger partial charge in [0.2, 0.25) is 0 Å². The summed E-state index contributed by atoms with van der Waals surface area (Å²) in [6.07, 6.45) is 1.88. The number of urea groups is 1. The van der Waals surface area contributed by atoms with E-state index in [0.717, 1.165) is 38.2 Å². The molecule has 1 aromatic rings. The predicted octanol–water partition coefficient (Wildman–Crippen LogP) is 2.71. The summed E-state index contributed by atoms with van der Waals surface area (Å²) in [6.45, 7) is 9.77. The van der Waals surface area contributed by atoms with E-state index in [-0.39, 0.29) is 18.7 Å². The van der Waals surface area contributed by atoms with Gasteiger partial charge in [-0.05, 0) is 49.9 Å². The molecular formula is C20H33N3O3. The topological polar surface area (TPSA) is 65.0 Å². The number of aliphatic hydroxyl groups is 1. The molecule has 1 aliphatic heterocycles. The van der Waals surface area contributed by atoms with E-state index < -0.39 is 0 Å². The molecular weight excluding hydrogens is 330 g/mol. The van der Waals surface area contributed by atoms with Crippen molar-refractivity contribution >= 4 is 11.7 Å². The summed E-state index contributed by atoms with van der Waals surface area (Å²) < 4.78 is 5.53. The number of benzene rings is 1. The van der Waals surface area contributed by atoms with Crippen LogP contribution in [-0.4, -0.2) is 61.5 Å². The molecule has 2 rings (SSSR count). The number of nitrogens with zero attached hydrogens (tertiary/aromatic N) is 2. The van der Waals surface area contributed by atoms with Crippen LogP contribution in [0.2, 0.25) is 0 Å². The van der Waals surface area contributed by atoms with E-state index in [0.29, 0.717) is 19.1 Å². The summed E-state index contributed by atoms with van der Waals surface area (Å²) in [5, 5.41) is 11.8. The van der Waals surface area contributed by atoms with Crippen molar-refractivity contribution in [2.75, 3.05) is 44.3 Å². The second-order valence-corrected chi connectivity index (χ2v) is 7.16. The Hall–Kier alpha value is -1.95. The van der Waals surface area contributed by atoms with Gasteiger partial charge >= 0.3 is 6.03 Å². The third-order valence-corrected chi connectivity index (χ3v) is 4.60. The quantitative estimate of drug-likeness (QED) is 0.782. The van der Waals surface area contributed by atoms with E-state index in [1.54, 1.807) is 0 Å². The molecule has 6 nitrogen and oxygen atoms in total. The standard InChI is InChI=1S/C20H33N3O3/c1-4-26-19-8-6-17(7-9-19)22-11-5-12-23(20(25)21-10-13-24)18(15-22)14-16(2)3/h6-9,16,18,24H,4-5,10-15H2,1-3H3,(H,21,25)/t18-/m0/s1. The number of nitrogens with one attached hydrogen (secondary N) is 1. The number of hydrogen-bond donors (Lipinski definition) is 2. The fraction of sp³-hybridized carbons (Fsp3) is 0.650. The summed E-state index contributed by atoms with van der Waals surface area (Å²) >= 11 is 0. The number of hydrogen-bond acceptors (Lipinski definition) is 4. The molecule has 146 valence electrons. The number of aliphatic hydroxyl groups excluding tert-OH is 1. The van der Waals surface area contributed by atoms with Gasteiger partial charge in [-0.15, -0.1) is 0 Å². The summed E-state index contributed by atoms with van der Waals surface area (Å²) in [4.78, 5) is 16.8. The highest BCUT2D eigenvalue weighted by Gasteiger charge is 2.29. The van der Waals surface area contributed by atoms with Gasteiger partial charge in [-0.25, -0.2) is 4.79 Å². The van der Waals surface area contributed by atoms with E-state index >= 15 is 0 Å². The lowest BCUT2D eigenvalue weighted by Gasteiger charge is -2.33. The van der Waals surface area contributed by atoms with Crippen molar-refractivity contribution in [1.29, 1.82) is 0 Å². The lowest BCUT2D eigenvalue weighted by Crippen LogP contribution is -2.49. The molecule has 2 N–H and O–H groups in total. The van der Waals surface area contributed by atoms with Crippen LogP contribution in [0.4, 0.5) is 10.5 Å². The number of ether oxygens (including phenoxy) is 1. The van der Waals surface area contributed by atoms with E-state index in [4.69, 9.17) is 9.84 Å². The Morgan fingerprint density at radius 1 is 1.31 bits per heavy atom. The first kappa shape index (κ1) is 20.4. The van der Waals surface area contributed by atoms with Gasteiger partial charge in [0, 0.05) is 31.9 Å². The molecule has 2 amide bonds. The van der Waals surface area contributed by atoms with Gasteiger partial charge < -0.3 is 25.0 Å². The summed E-state index contributed by atoms with van der Waals surface area (Å²) in [5.41, 5.74) is 1.17. The van der Waals surface area contributed by atoms with Crippen LogP contribution in [0, 0.1) is 5.92 Å². The Kier molecular flexibility index (Phi) is 8.04. The molecule has 1 heterocycles. The molecule has 1 aliphatic rings. The molecule has 0 bridgehead atoms. The summed E-state index contributed by atoms with van der Waals surface area (Å²) in [6, 6.07) is 8.29. The van der Waals surface area contributed by atoms with Crippen LogP contribution in [0.15, 0.2) is 24.3 Å². The second-order valence-electron chi connectivity index (χ2n) is 7.16. The van der Waals surface area contributed by atoms with Crippen molar-refractivity contribution in [3.05, 3.63) is 24.3 Å². The summed E-state index contributed by atoms with van der Waals surface area (Å²) in [7, 11) is 0. The molecule has 1 saturated heterocycles. The lowest BCUT2D eigenvalue weighted by atomic mass is 10.0. The molecule has 26 heavy (non-hydrogen) atoms. The first-order valence-corrected chi connectivity index (χ1v) is 9.68. The molecule has 0 unspecified atom stereocenters. The van der Waals surface area contributed by atoms with Crippen LogP contribution in [0.1, 0.15) is 33.6 Å². The number of amides is 2. The van der Waals surface area contributed by atoms with E-state index in [1.165, 1.54) is 5.69 Å². The molecule has 0 saturated carbocycles.